The minimum Gasteiger partial charge on any atom is -0.465 e. The van der Waals surface area contributed by atoms with Gasteiger partial charge in [-0.15, -0.1) is 0 Å². The minimum atomic E-state index is -0.400. The zero-order valence-corrected chi connectivity index (χ0v) is 14.0. The largest absolute Gasteiger partial charge is 0.465 e. The summed E-state index contributed by atoms with van der Waals surface area (Å²) in [4.78, 5) is 27.2. The van der Waals surface area contributed by atoms with E-state index in [2.05, 4.69) is 24.1 Å². The molecule has 1 heterocycles. The second-order valence-corrected chi connectivity index (χ2v) is 6.32. The highest BCUT2D eigenvalue weighted by molar-refractivity contribution is 8.00. The van der Waals surface area contributed by atoms with Crippen LogP contribution >= 0.6 is 11.8 Å². The number of benzene rings is 1. The van der Waals surface area contributed by atoms with Crippen LogP contribution in [0.3, 0.4) is 0 Å². The normalized spacial score (nSPS) is 17.1. The molecule has 0 aliphatic carbocycles. The number of hydrogen-bond donors (Lipinski definition) is 1. The average molecular weight is 322 g/mol. The molecule has 0 spiro atoms. The molecule has 6 heteroatoms. The molecule has 1 aliphatic rings. The maximum atomic E-state index is 12.4. The Morgan fingerprint density at radius 1 is 1.32 bits per heavy atom. The van der Waals surface area contributed by atoms with Crippen molar-refractivity contribution in [3.63, 3.8) is 0 Å². The first kappa shape index (κ1) is 16.8. The molecule has 2 rings (SSSR count). The van der Waals surface area contributed by atoms with Crippen LogP contribution in [0.5, 0.6) is 0 Å². The Hall–Kier alpha value is -1.53. The van der Waals surface area contributed by atoms with Gasteiger partial charge in [0.1, 0.15) is 5.37 Å². The van der Waals surface area contributed by atoms with Crippen molar-refractivity contribution < 1.29 is 14.3 Å². The van der Waals surface area contributed by atoms with Crippen LogP contribution in [-0.2, 0) is 9.53 Å². The van der Waals surface area contributed by atoms with Crippen molar-refractivity contribution in [1.82, 2.24) is 4.90 Å². The molecule has 1 aromatic rings. The molecule has 0 saturated carbocycles. The van der Waals surface area contributed by atoms with Gasteiger partial charge in [-0.25, -0.2) is 4.79 Å². The van der Waals surface area contributed by atoms with E-state index in [0.29, 0.717) is 11.3 Å². The zero-order chi connectivity index (χ0) is 16.1. The highest BCUT2D eigenvalue weighted by Crippen LogP contribution is 2.37. The number of carbonyl (C=O) groups is 2. The standard InChI is InChI=1S/C16H22N2O3S/c1-4-8-18(9-5-2)15-14(19)17-12-10-11(16(20)21-3)6-7-13(12)22-15/h6-7,10,15H,4-5,8-9H2,1-3H3,(H,17,19)/t15-/m1/s1. The first-order valence-electron chi connectivity index (χ1n) is 7.54. The fraction of sp³-hybridized carbons (Fsp3) is 0.500. The first-order chi connectivity index (χ1) is 10.6. The molecule has 1 aromatic carbocycles. The summed E-state index contributed by atoms with van der Waals surface area (Å²) in [5.74, 6) is -0.427. The van der Waals surface area contributed by atoms with Crippen molar-refractivity contribution in [3.05, 3.63) is 23.8 Å². The van der Waals surface area contributed by atoms with Gasteiger partial charge in [0, 0.05) is 4.90 Å². The van der Waals surface area contributed by atoms with E-state index >= 15 is 0 Å². The third-order valence-electron chi connectivity index (χ3n) is 3.47. The number of anilines is 1. The van der Waals surface area contributed by atoms with Crippen LogP contribution in [0.4, 0.5) is 5.69 Å². The van der Waals surface area contributed by atoms with Gasteiger partial charge < -0.3 is 10.1 Å². The van der Waals surface area contributed by atoms with E-state index in [9.17, 15) is 9.59 Å². The van der Waals surface area contributed by atoms with Crippen LogP contribution in [-0.4, -0.2) is 42.3 Å². The Kier molecular flexibility index (Phi) is 5.85. The van der Waals surface area contributed by atoms with Crippen LogP contribution in [0.15, 0.2) is 23.1 Å². The number of ether oxygens (including phenoxy) is 1. The third kappa shape index (κ3) is 3.62. The second-order valence-electron chi connectivity index (χ2n) is 5.20. The summed E-state index contributed by atoms with van der Waals surface area (Å²) in [6.07, 6.45) is 2.02. The molecule has 22 heavy (non-hydrogen) atoms. The molecule has 0 bridgehead atoms. The lowest BCUT2D eigenvalue weighted by Gasteiger charge is -2.33. The summed E-state index contributed by atoms with van der Waals surface area (Å²) >= 11 is 1.54. The summed E-state index contributed by atoms with van der Waals surface area (Å²) in [5.41, 5.74) is 1.13. The van der Waals surface area contributed by atoms with E-state index in [1.165, 1.54) is 7.11 Å². The number of esters is 1. The number of carbonyl (C=O) groups excluding carboxylic acids is 2. The van der Waals surface area contributed by atoms with Gasteiger partial charge >= 0.3 is 5.97 Å². The van der Waals surface area contributed by atoms with Crippen LogP contribution in [0.25, 0.3) is 0 Å². The Bertz CT molecular complexity index is 556. The summed E-state index contributed by atoms with van der Waals surface area (Å²) in [6.45, 7) is 6.03. The second kappa shape index (κ2) is 7.65. The van der Waals surface area contributed by atoms with Crippen molar-refractivity contribution in [2.75, 3.05) is 25.5 Å². The maximum absolute atomic E-state index is 12.4. The van der Waals surface area contributed by atoms with Crippen LogP contribution in [0.1, 0.15) is 37.0 Å². The molecule has 0 unspecified atom stereocenters. The quantitative estimate of drug-likeness (QED) is 0.816. The zero-order valence-electron chi connectivity index (χ0n) is 13.2. The van der Waals surface area contributed by atoms with Crippen molar-refractivity contribution >= 4 is 29.3 Å². The Balaban J connectivity index is 2.22. The number of nitrogens with zero attached hydrogens (tertiary/aromatic N) is 1. The maximum Gasteiger partial charge on any atom is 0.337 e. The summed E-state index contributed by atoms with van der Waals surface area (Å²) < 4.78 is 4.71. The number of methoxy groups -OCH3 is 1. The molecule has 1 amide bonds. The number of thioether (sulfide) groups is 1. The average Bonchev–Trinajstić information content (AvgIpc) is 2.52. The van der Waals surface area contributed by atoms with E-state index in [1.807, 2.05) is 6.07 Å². The van der Waals surface area contributed by atoms with Crippen LogP contribution in [0.2, 0.25) is 0 Å². The highest BCUT2D eigenvalue weighted by Gasteiger charge is 2.31. The van der Waals surface area contributed by atoms with E-state index in [1.54, 1.807) is 23.9 Å². The lowest BCUT2D eigenvalue weighted by atomic mass is 10.2. The topological polar surface area (TPSA) is 58.6 Å². The predicted octanol–water partition coefficient (Wildman–Crippen LogP) is 2.97. The molecule has 1 N–H and O–H groups in total. The molecule has 0 fully saturated rings. The molecule has 120 valence electrons. The molecule has 1 aliphatic heterocycles. The number of rotatable bonds is 6. The van der Waals surface area contributed by atoms with E-state index in [-0.39, 0.29) is 11.3 Å². The van der Waals surface area contributed by atoms with E-state index < -0.39 is 5.97 Å². The molecular formula is C16H22N2O3S. The molecular weight excluding hydrogens is 300 g/mol. The third-order valence-corrected chi connectivity index (χ3v) is 4.82. The van der Waals surface area contributed by atoms with Crippen LogP contribution < -0.4 is 5.32 Å². The smallest absolute Gasteiger partial charge is 0.337 e. The fourth-order valence-corrected chi connectivity index (χ4v) is 3.65. The lowest BCUT2D eigenvalue weighted by molar-refractivity contribution is -0.118. The minimum absolute atomic E-state index is 0.0265. The molecule has 1 atom stereocenters. The van der Waals surface area contributed by atoms with Gasteiger partial charge in [-0.05, 0) is 44.1 Å². The van der Waals surface area contributed by atoms with Gasteiger partial charge in [0.25, 0.3) is 5.91 Å². The van der Waals surface area contributed by atoms with Crippen molar-refractivity contribution in [2.45, 2.75) is 37.0 Å². The van der Waals surface area contributed by atoms with Gasteiger partial charge in [-0.3, -0.25) is 9.69 Å². The fourth-order valence-electron chi connectivity index (χ4n) is 2.50. The van der Waals surface area contributed by atoms with Crippen molar-refractivity contribution in [2.24, 2.45) is 0 Å². The predicted molar refractivity (Wildman–Crippen MR) is 88.2 cm³/mol. The first-order valence-corrected chi connectivity index (χ1v) is 8.42. The summed E-state index contributed by atoms with van der Waals surface area (Å²) in [6, 6.07) is 5.28. The Labute approximate surface area is 135 Å². The number of fused-ring (bicyclic) bond motifs is 1. The number of nitrogens with one attached hydrogen (secondary N) is 1. The van der Waals surface area contributed by atoms with Crippen LogP contribution in [0, 0.1) is 0 Å². The van der Waals surface area contributed by atoms with Gasteiger partial charge in [0.15, 0.2) is 0 Å². The van der Waals surface area contributed by atoms with Gasteiger partial charge in [0.2, 0.25) is 0 Å². The SMILES string of the molecule is CCCN(CCC)[C@@H]1Sc2ccc(C(=O)OC)cc2NC1=O. The van der Waals surface area contributed by atoms with Crippen molar-refractivity contribution in [1.29, 1.82) is 0 Å². The molecule has 0 radical (unpaired) electrons. The van der Waals surface area contributed by atoms with E-state index in [4.69, 9.17) is 4.74 Å². The molecule has 5 nitrogen and oxygen atoms in total. The lowest BCUT2D eigenvalue weighted by Crippen LogP contribution is -2.44. The van der Waals surface area contributed by atoms with Crippen molar-refractivity contribution in [3.8, 4) is 0 Å². The van der Waals surface area contributed by atoms with E-state index in [0.717, 1.165) is 30.8 Å². The Morgan fingerprint density at radius 3 is 2.59 bits per heavy atom. The molecule has 0 aromatic heterocycles. The monoisotopic (exact) mass is 322 g/mol. The van der Waals surface area contributed by atoms with Gasteiger partial charge in [-0.1, -0.05) is 25.6 Å². The molecule has 0 saturated heterocycles. The highest BCUT2D eigenvalue weighted by atomic mass is 32.2. The Morgan fingerprint density at radius 2 is 2.00 bits per heavy atom. The summed E-state index contributed by atoms with van der Waals surface area (Å²) in [5, 5.41) is 2.71. The van der Waals surface area contributed by atoms with Gasteiger partial charge in [-0.2, -0.15) is 0 Å². The summed E-state index contributed by atoms with van der Waals surface area (Å²) in [7, 11) is 1.35. The number of amides is 1. The number of hydrogen-bond acceptors (Lipinski definition) is 5. The van der Waals surface area contributed by atoms with Gasteiger partial charge in [0.05, 0.1) is 18.4 Å².